The quantitative estimate of drug-likeness (QED) is 0.479. The Kier molecular flexibility index (Phi) is 4.66. The summed E-state index contributed by atoms with van der Waals surface area (Å²) in [5.41, 5.74) is 0.736. The van der Waals surface area contributed by atoms with E-state index in [2.05, 4.69) is 13.5 Å². The zero-order valence-electron chi connectivity index (χ0n) is 14.2. The van der Waals surface area contributed by atoms with Crippen molar-refractivity contribution in [2.75, 3.05) is 0 Å². The largest absolute Gasteiger partial charge is 0.478 e. The molecule has 4 aliphatic rings. The highest BCUT2D eigenvalue weighted by atomic mass is 16.4. The Labute approximate surface area is 135 Å². The number of carbonyl (C=O) groups is 1. The lowest BCUT2D eigenvalue weighted by Crippen LogP contribution is -2.53. The molecule has 2 heteroatoms. The molecule has 2 nitrogen and oxygen atoms in total. The fourth-order valence-electron chi connectivity index (χ4n) is 6.26. The Morgan fingerprint density at radius 3 is 2.14 bits per heavy atom. The maximum absolute atomic E-state index is 11.4. The summed E-state index contributed by atoms with van der Waals surface area (Å²) in [7, 11) is 0. The minimum atomic E-state index is -0.776. The van der Waals surface area contributed by atoms with Crippen LogP contribution in [0.2, 0.25) is 0 Å². The van der Waals surface area contributed by atoms with Gasteiger partial charge in [-0.15, -0.1) is 0 Å². The molecule has 1 N–H and O–H groups in total. The molecule has 4 saturated carbocycles. The highest BCUT2D eigenvalue weighted by Crippen LogP contribution is 2.65. The highest BCUT2D eigenvalue weighted by Gasteiger charge is 2.56. The molecule has 0 atom stereocenters. The molecule has 0 radical (unpaired) electrons. The molecule has 4 bridgehead atoms. The van der Waals surface area contributed by atoms with E-state index in [1.165, 1.54) is 64.2 Å². The van der Waals surface area contributed by atoms with Gasteiger partial charge in [0, 0.05) is 5.57 Å². The van der Waals surface area contributed by atoms with Gasteiger partial charge in [0.1, 0.15) is 0 Å². The Morgan fingerprint density at radius 2 is 1.64 bits per heavy atom. The summed E-state index contributed by atoms with van der Waals surface area (Å²) in [4.78, 5) is 11.4. The molecule has 0 amide bonds. The van der Waals surface area contributed by atoms with Crippen molar-refractivity contribution in [1.29, 1.82) is 0 Å². The standard InChI is InChI=1S/C20H32O2/c1-3-4-5-6-7-20(13-14(2)19(21)22)17-9-15-8-16(11-17)12-18(20)10-15/h15-18H,2-13H2,1H3,(H,21,22). The molecule has 4 aliphatic carbocycles. The molecule has 4 rings (SSSR count). The van der Waals surface area contributed by atoms with Crippen molar-refractivity contribution < 1.29 is 9.90 Å². The van der Waals surface area contributed by atoms with Crippen LogP contribution in [0.25, 0.3) is 0 Å². The number of hydrogen-bond donors (Lipinski definition) is 1. The number of hydrogen-bond acceptors (Lipinski definition) is 1. The smallest absolute Gasteiger partial charge is 0.330 e. The summed E-state index contributed by atoms with van der Waals surface area (Å²) in [6, 6.07) is 0. The van der Waals surface area contributed by atoms with E-state index in [4.69, 9.17) is 0 Å². The van der Waals surface area contributed by atoms with E-state index in [0.29, 0.717) is 5.57 Å². The van der Waals surface area contributed by atoms with Crippen molar-refractivity contribution in [2.45, 2.75) is 77.6 Å². The topological polar surface area (TPSA) is 37.3 Å². The first kappa shape index (κ1) is 16.1. The second-order valence-corrected chi connectivity index (χ2v) is 8.43. The third-order valence-corrected chi connectivity index (χ3v) is 7.10. The lowest BCUT2D eigenvalue weighted by atomic mass is 9.43. The van der Waals surface area contributed by atoms with Crippen LogP contribution in [0.4, 0.5) is 0 Å². The molecule has 0 aromatic carbocycles. The summed E-state index contributed by atoms with van der Waals surface area (Å²) in [6.45, 7) is 6.15. The van der Waals surface area contributed by atoms with Gasteiger partial charge in [-0.1, -0.05) is 39.2 Å². The van der Waals surface area contributed by atoms with Crippen LogP contribution in [0.1, 0.15) is 77.6 Å². The Balaban J connectivity index is 1.76. The maximum Gasteiger partial charge on any atom is 0.330 e. The van der Waals surface area contributed by atoms with Crippen molar-refractivity contribution in [1.82, 2.24) is 0 Å². The maximum atomic E-state index is 11.4. The second kappa shape index (κ2) is 6.37. The van der Waals surface area contributed by atoms with E-state index in [-0.39, 0.29) is 5.41 Å². The van der Waals surface area contributed by atoms with Gasteiger partial charge >= 0.3 is 5.97 Å². The normalized spacial score (nSPS) is 39.1. The fraction of sp³-hybridized carbons (Fsp3) is 0.850. The minimum Gasteiger partial charge on any atom is -0.478 e. The number of aliphatic carboxylic acids is 1. The summed E-state index contributed by atoms with van der Waals surface area (Å²) < 4.78 is 0. The van der Waals surface area contributed by atoms with E-state index in [1.54, 1.807) is 0 Å². The van der Waals surface area contributed by atoms with Crippen molar-refractivity contribution >= 4 is 5.97 Å². The predicted molar refractivity (Wildman–Crippen MR) is 89.6 cm³/mol. The SMILES string of the molecule is C=C(CC1(CCCCCC)C2CC3CC(C2)CC1C3)C(=O)O. The third-order valence-electron chi connectivity index (χ3n) is 7.10. The van der Waals surface area contributed by atoms with Gasteiger partial charge in [0.2, 0.25) is 0 Å². The van der Waals surface area contributed by atoms with Crippen molar-refractivity contribution in [3.63, 3.8) is 0 Å². The molecular weight excluding hydrogens is 272 g/mol. The van der Waals surface area contributed by atoms with Gasteiger partial charge in [-0.05, 0) is 74.0 Å². The summed E-state index contributed by atoms with van der Waals surface area (Å²) in [6.07, 6.45) is 14.1. The van der Waals surface area contributed by atoms with Crippen LogP contribution in [0, 0.1) is 29.1 Å². The minimum absolute atomic E-state index is 0.274. The van der Waals surface area contributed by atoms with E-state index in [9.17, 15) is 9.90 Å². The Bertz CT molecular complexity index is 409. The molecule has 0 saturated heterocycles. The van der Waals surface area contributed by atoms with Crippen molar-refractivity contribution in [3.8, 4) is 0 Å². The summed E-state index contributed by atoms with van der Waals surface area (Å²) >= 11 is 0. The van der Waals surface area contributed by atoms with Gasteiger partial charge < -0.3 is 5.11 Å². The van der Waals surface area contributed by atoms with E-state index < -0.39 is 5.97 Å². The van der Waals surface area contributed by atoms with Crippen LogP contribution in [0.5, 0.6) is 0 Å². The molecular formula is C20H32O2. The molecule has 0 heterocycles. The average Bonchev–Trinajstić information content (AvgIpc) is 2.47. The highest BCUT2D eigenvalue weighted by molar-refractivity contribution is 5.85. The summed E-state index contributed by atoms with van der Waals surface area (Å²) in [5, 5.41) is 9.36. The molecule has 0 unspecified atom stereocenters. The van der Waals surface area contributed by atoms with Gasteiger partial charge in [0.15, 0.2) is 0 Å². The van der Waals surface area contributed by atoms with Gasteiger partial charge in [-0.3, -0.25) is 0 Å². The van der Waals surface area contributed by atoms with Gasteiger partial charge in [0.05, 0.1) is 0 Å². The molecule has 0 aromatic rings. The zero-order valence-corrected chi connectivity index (χ0v) is 14.2. The molecule has 0 aliphatic heterocycles. The van der Waals surface area contributed by atoms with Crippen molar-refractivity contribution in [2.24, 2.45) is 29.1 Å². The molecule has 0 aromatic heterocycles. The lowest BCUT2D eigenvalue weighted by Gasteiger charge is -2.62. The monoisotopic (exact) mass is 304 g/mol. The van der Waals surface area contributed by atoms with Crippen LogP contribution in [-0.2, 0) is 4.79 Å². The molecule has 4 fully saturated rings. The van der Waals surface area contributed by atoms with E-state index in [0.717, 1.165) is 30.1 Å². The van der Waals surface area contributed by atoms with Gasteiger partial charge in [0.25, 0.3) is 0 Å². The fourth-order valence-corrected chi connectivity index (χ4v) is 6.26. The first-order valence-corrected chi connectivity index (χ1v) is 9.46. The lowest BCUT2D eigenvalue weighted by molar-refractivity contribution is -0.136. The van der Waals surface area contributed by atoms with Gasteiger partial charge in [-0.2, -0.15) is 0 Å². The number of rotatable bonds is 8. The first-order valence-electron chi connectivity index (χ1n) is 9.46. The zero-order chi connectivity index (χ0) is 15.7. The number of carboxylic acids is 1. The molecule has 124 valence electrons. The number of unbranched alkanes of at least 4 members (excludes halogenated alkanes) is 3. The van der Waals surface area contributed by atoms with E-state index in [1.807, 2.05) is 0 Å². The predicted octanol–water partition coefficient (Wildman–Crippen LogP) is 5.43. The van der Waals surface area contributed by atoms with Gasteiger partial charge in [-0.25, -0.2) is 4.79 Å². The molecule has 22 heavy (non-hydrogen) atoms. The van der Waals surface area contributed by atoms with Crippen molar-refractivity contribution in [3.05, 3.63) is 12.2 Å². The Hall–Kier alpha value is -0.790. The van der Waals surface area contributed by atoms with Crippen LogP contribution in [0.15, 0.2) is 12.2 Å². The number of carboxylic acid groups (broad SMARTS) is 1. The summed E-state index contributed by atoms with van der Waals surface area (Å²) in [5.74, 6) is 2.68. The van der Waals surface area contributed by atoms with Crippen LogP contribution < -0.4 is 0 Å². The second-order valence-electron chi connectivity index (χ2n) is 8.43. The first-order chi connectivity index (χ1) is 10.5. The molecule has 0 spiro atoms. The van der Waals surface area contributed by atoms with Crippen LogP contribution in [-0.4, -0.2) is 11.1 Å². The van der Waals surface area contributed by atoms with Crippen LogP contribution >= 0.6 is 0 Å². The Morgan fingerprint density at radius 1 is 1.05 bits per heavy atom. The average molecular weight is 304 g/mol. The van der Waals surface area contributed by atoms with Crippen LogP contribution in [0.3, 0.4) is 0 Å². The third kappa shape index (κ3) is 2.86. The van der Waals surface area contributed by atoms with E-state index >= 15 is 0 Å².